The third-order valence-electron chi connectivity index (χ3n) is 5.66. The summed E-state index contributed by atoms with van der Waals surface area (Å²) in [6.45, 7) is 1.23. The van der Waals surface area contributed by atoms with Gasteiger partial charge in [0, 0.05) is 0 Å². The number of ether oxygens (including phenoxy) is 3. The minimum atomic E-state index is -1.34. The molecule has 1 saturated heterocycles. The van der Waals surface area contributed by atoms with Gasteiger partial charge < -0.3 is 24.8 Å². The molecule has 9 heteroatoms. The Labute approximate surface area is 195 Å². The van der Waals surface area contributed by atoms with E-state index in [1.165, 1.54) is 0 Å². The molecule has 2 N–H and O–H groups in total. The fourth-order valence-electron chi connectivity index (χ4n) is 3.85. The highest BCUT2D eigenvalue weighted by Crippen LogP contribution is 2.38. The van der Waals surface area contributed by atoms with Crippen LogP contribution in [0.25, 0.3) is 0 Å². The van der Waals surface area contributed by atoms with Gasteiger partial charge in [-0.2, -0.15) is 0 Å². The lowest BCUT2D eigenvalue weighted by Gasteiger charge is -2.22. The van der Waals surface area contributed by atoms with Crippen LogP contribution in [0.4, 0.5) is 10.5 Å². The molecule has 4 amide bonds. The molecule has 5 rings (SSSR count). The van der Waals surface area contributed by atoms with Crippen LogP contribution in [-0.4, -0.2) is 36.1 Å². The fourth-order valence-corrected chi connectivity index (χ4v) is 3.85. The van der Waals surface area contributed by atoms with E-state index in [0.29, 0.717) is 34.2 Å². The Hall–Kier alpha value is -4.53. The Balaban J connectivity index is 1.30. The molecule has 0 aromatic heterocycles. The number of anilines is 1. The number of carbonyl (C=O) groups is 3. The van der Waals surface area contributed by atoms with E-state index < -0.39 is 29.9 Å². The van der Waals surface area contributed by atoms with Crippen LogP contribution in [-0.2, 0) is 15.1 Å². The van der Waals surface area contributed by atoms with Gasteiger partial charge in [0.1, 0.15) is 17.8 Å². The quantitative estimate of drug-likeness (QED) is 0.546. The average Bonchev–Trinajstić information content (AvgIpc) is 3.39. The van der Waals surface area contributed by atoms with Crippen molar-refractivity contribution in [3.8, 4) is 23.0 Å². The van der Waals surface area contributed by atoms with E-state index in [4.69, 9.17) is 14.2 Å². The maximum Gasteiger partial charge on any atom is 0.325 e. The molecule has 0 bridgehead atoms. The lowest BCUT2D eigenvalue weighted by Crippen LogP contribution is -2.42. The zero-order valence-corrected chi connectivity index (χ0v) is 18.2. The number of nitrogens with zero attached hydrogens (tertiary/aromatic N) is 1. The molecule has 9 nitrogen and oxygen atoms in total. The Morgan fingerprint density at radius 3 is 2.59 bits per heavy atom. The molecule has 0 radical (unpaired) electrons. The zero-order valence-electron chi connectivity index (χ0n) is 18.2. The summed E-state index contributed by atoms with van der Waals surface area (Å²) in [4.78, 5) is 39.5. The number of urea groups is 1. The molecule has 172 valence electrons. The van der Waals surface area contributed by atoms with Gasteiger partial charge in [0.2, 0.25) is 12.7 Å². The van der Waals surface area contributed by atoms with Crippen molar-refractivity contribution in [2.24, 2.45) is 0 Å². The molecule has 0 saturated carbocycles. The molecule has 0 unspecified atom stereocenters. The minimum Gasteiger partial charge on any atom is -0.455 e. The number of hydrogen-bond donors (Lipinski definition) is 2. The third-order valence-corrected chi connectivity index (χ3v) is 5.66. The van der Waals surface area contributed by atoms with E-state index in [-0.39, 0.29) is 6.79 Å². The molecule has 2 aliphatic rings. The second-order valence-electron chi connectivity index (χ2n) is 7.97. The van der Waals surface area contributed by atoms with Gasteiger partial charge >= 0.3 is 6.03 Å². The molecule has 1 atom stereocenters. The molecular formula is C25H21N3O6. The summed E-state index contributed by atoms with van der Waals surface area (Å²) in [5.41, 5.74) is -0.395. The van der Waals surface area contributed by atoms with Crippen LogP contribution in [0, 0.1) is 0 Å². The number of imide groups is 1. The van der Waals surface area contributed by atoms with Crippen LogP contribution in [0.5, 0.6) is 23.0 Å². The highest BCUT2D eigenvalue weighted by Gasteiger charge is 2.50. The molecule has 3 aromatic carbocycles. The van der Waals surface area contributed by atoms with Crippen molar-refractivity contribution >= 4 is 23.5 Å². The van der Waals surface area contributed by atoms with Crippen molar-refractivity contribution in [3.63, 3.8) is 0 Å². The molecule has 2 aliphatic heterocycles. The number of rotatable bonds is 6. The van der Waals surface area contributed by atoms with Gasteiger partial charge in [0.15, 0.2) is 17.2 Å². The summed E-state index contributed by atoms with van der Waals surface area (Å²) in [6, 6.07) is 20.4. The monoisotopic (exact) mass is 459 g/mol. The highest BCUT2D eigenvalue weighted by molar-refractivity contribution is 6.10. The number of hydrogen-bond acceptors (Lipinski definition) is 6. The summed E-state index contributed by atoms with van der Waals surface area (Å²) in [5.74, 6) is 1.02. The van der Waals surface area contributed by atoms with Crippen molar-refractivity contribution in [1.82, 2.24) is 10.2 Å². The van der Waals surface area contributed by atoms with E-state index in [1.54, 1.807) is 61.5 Å². The Kier molecular flexibility index (Phi) is 5.29. The topological polar surface area (TPSA) is 106 Å². The number of nitrogens with one attached hydrogen (secondary N) is 2. The number of carbonyl (C=O) groups excluding carboxylic acids is 3. The molecule has 3 aromatic rings. The first-order valence-electron chi connectivity index (χ1n) is 10.6. The highest BCUT2D eigenvalue weighted by atomic mass is 16.7. The van der Waals surface area contributed by atoms with E-state index in [9.17, 15) is 14.4 Å². The summed E-state index contributed by atoms with van der Waals surface area (Å²) < 4.78 is 16.5. The Bertz CT molecular complexity index is 1280. The van der Waals surface area contributed by atoms with Gasteiger partial charge in [-0.15, -0.1) is 0 Å². The maximum atomic E-state index is 13.2. The summed E-state index contributed by atoms with van der Waals surface area (Å²) in [7, 11) is 0. The van der Waals surface area contributed by atoms with E-state index in [0.717, 1.165) is 4.90 Å². The third kappa shape index (κ3) is 3.88. The van der Waals surface area contributed by atoms with Crippen LogP contribution in [0.3, 0.4) is 0 Å². The Morgan fingerprint density at radius 1 is 1.03 bits per heavy atom. The molecule has 2 heterocycles. The van der Waals surface area contributed by atoms with Gasteiger partial charge in [0.05, 0.1) is 5.69 Å². The van der Waals surface area contributed by atoms with Crippen molar-refractivity contribution in [2.75, 3.05) is 18.7 Å². The van der Waals surface area contributed by atoms with Gasteiger partial charge in [-0.3, -0.25) is 14.5 Å². The molecule has 1 fully saturated rings. The van der Waals surface area contributed by atoms with Crippen LogP contribution in [0.2, 0.25) is 0 Å². The second-order valence-corrected chi connectivity index (χ2v) is 7.97. The molecule has 34 heavy (non-hydrogen) atoms. The van der Waals surface area contributed by atoms with Crippen LogP contribution in [0.1, 0.15) is 12.5 Å². The number of benzene rings is 3. The summed E-state index contributed by atoms with van der Waals surface area (Å²) >= 11 is 0. The van der Waals surface area contributed by atoms with E-state index in [2.05, 4.69) is 10.6 Å². The lowest BCUT2D eigenvalue weighted by atomic mass is 9.91. The SMILES string of the molecule is C[C@]1(c2ccc3c(c2)OCO3)NC(=O)N(CC(=O)Nc2ccccc2Oc2ccccc2)C1=O. The van der Waals surface area contributed by atoms with Gasteiger partial charge in [-0.25, -0.2) is 4.79 Å². The van der Waals surface area contributed by atoms with E-state index >= 15 is 0 Å². The van der Waals surface area contributed by atoms with Crippen LogP contribution >= 0.6 is 0 Å². The summed E-state index contributed by atoms with van der Waals surface area (Å²) in [5, 5.41) is 5.41. The van der Waals surface area contributed by atoms with Gasteiger partial charge in [-0.1, -0.05) is 36.4 Å². The largest absolute Gasteiger partial charge is 0.455 e. The fraction of sp³-hybridized carbons (Fsp3) is 0.160. The van der Waals surface area contributed by atoms with E-state index in [1.807, 2.05) is 18.2 Å². The van der Waals surface area contributed by atoms with Gasteiger partial charge in [0.25, 0.3) is 5.91 Å². The van der Waals surface area contributed by atoms with Crippen molar-refractivity contribution in [2.45, 2.75) is 12.5 Å². The number of para-hydroxylation sites is 3. The first-order chi connectivity index (χ1) is 16.4. The standard InChI is InChI=1S/C25H21N3O6/c1-25(16-11-12-20-21(13-16)33-15-32-20)23(30)28(24(31)27-25)14-22(29)26-18-9-5-6-10-19(18)34-17-7-3-2-4-8-17/h2-13H,14-15H2,1H3,(H,26,29)(H,27,31)/t25-/m1/s1. The minimum absolute atomic E-state index is 0.0948. The van der Waals surface area contributed by atoms with Gasteiger partial charge in [-0.05, 0) is 48.9 Å². The predicted octanol–water partition coefficient (Wildman–Crippen LogP) is 3.61. The lowest BCUT2D eigenvalue weighted by molar-refractivity contribution is -0.133. The average molecular weight is 459 g/mol. The summed E-state index contributed by atoms with van der Waals surface area (Å²) in [6.07, 6.45) is 0. The first kappa shape index (κ1) is 21.3. The number of amides is 4. The van der Waals surface area contributed by atoms with Crippen LogP contribution in [0.15, 0.2) is 72.8 Å². The first-order valence-corrected chi connectivity index (χ1v) is 10.6. The maximum absolute atomic E-state index is 13.2. The second kappa shape index (κ2) is 8.43. The van der Waals surface area contributed by atoms with Crippen molar-refractivity contribution in [3.05, 3.63) is 78.4 Å². The van der Waals surface area contributed by atoms with Crippen molar-refractivity contribution in [1.29, 1.82) is 0 Å². The van der Waals surface area contributed by atoms with Crippen molar-refractivity contribution < 1.29 is 28.6 Å². The molecule has 0 spiro atoms. The molecular weight excluding hydrogens is 438 g/mol. The number of fused-ring (bicyclic) bond motifs is 1. The van der Waals surface area contributed by atoms with Crippen LogP contribution < -0.4 is 24.8 Å². The molecule has 0 aliphatic carbocycles. The predicted molar refractivity (Wildman–Crippen MR) is 122 cm³/mol. The zero-order chi connectivity index (χ0) is 23.7. The normalized spacial score (nSPS) is 18.6. The smallest absolute Gasteiger partial charge is 0.325 e. The Morgan fingerprint density at radius 2 is 1.76 bits per heavy atom.